The molecule has 1 spiro atoms. The van der Waals surface area contributed by atoms with Crippen LogP contribution in [0.3, 0.4) is 0 Å². The van der Waals surface area contributed by atoms with E-state index in [1.165, 1.54) is 0 Å². The maximum Gasteiger partial charge on any atom is 0.231 e. The van der Waals surface area contributed by atoms with Crippen LogP contribution in [0.25, 0.3) is 0 Å². The fourth-order valence-corrected chi connectivity index (χ4v) is 4.47. The second-order valence-corrected chi connectivity index (χ2v) is 8.10. The molecular weight excluding hydrogens is 354 g/mol. The van der Waals surface area contributed by atoms with Crippen LogP contribution in [0.15, 0.2) is 30.5 Å². The summed E-state index contributed by atoms with van der Waals surface area (Å²) in [6, 6.07) is 7.78. The SMILES string of the molecule is Cc1cccc(CN2CC[C@]3(CCCN(C(=O)Cc4ccn(C)n4)C3)C2=O)n1. The molecule has 0 unspecified atom stereocenters. The van der Waals surface area contributed by atoms with Crippen LogP contribution < -0.4 is 0 Å². The zero-order valence-corrected chi connectivity index (χ0v) is 16.6. The zero-order chi connectivity index (χ0) is 19.7. The predicted molar refractivity (Wildman–Crippen MR) is 104 cm³/mol. The monoisotopic (exact) mass is 381 g/mol. The van der Waals surface area contributed by atoms with Gasteiger partial charge in [0.25, 0.3) is 0 Å². The number of carbonyl (C=O) groups is 2. The molecule has 2 fully saturated rings. The molecule has 28 heavy (non-hydrogen) atoms. The minimum atomic E-state index is -0.429. The van der Waals surface area contributed by atoms with E-state index < -0.39 is 5.41 Å². The number of pyridine rings is 1. The molecular formula is C21H27N5O2. The first-order valence-electron chi connectivity index (χ1n) is 9.93. The molecule has 2 saturated heterocycles. The Balaban J connectivity index is 1.42. The first kappa shape index (κ1) is 18.7. The highest BCUT2D eigenvalue weighted by Gasteiger charge is 2.49. The summed E-state index contributed by atoms with van der Waals surface area (Å²) >= 11 is 0. The molecule has 2 aromatic heterocycles. The highest BCUT2D eigenvalue weighted by Crippen LogP contribution is 2.40. The van der Waals surface area contributed by atoms with Crippen molar-refractivity contribution in [1.29, 1.82) is 0 Å². The van der Waals surface area contributed by atoms with Crippen LogP contribution in [-0.4, -0.2) is 56.0 Å². The predicted octanol–water partition coefficient (Wildman–Crippen LogP) is 1.71. The molecule has 2 amide bonds. The van der Waals surface area contributed by atoms with Crippen molar-refractivity contribution in [1.82, 2.24) is 24.6 Å². The maximum absolute atomic E-state index is 13.2. The van der Waals surface area contributed by atoms with Crippen LogP contribution >= 0.6 is 0 Å². The second-order valence-electron chi connectivity index (χ2n) is 8.10. The van der Waals surface area contributed by atoms with Crippen molar-refractivity contribution in [3.63, 3.8) is 0 Å². The van der Waals surface area contributed by atoms with Crippen LogP contribution in [0.2, 0.25) is 0 Å². The summed E-state index contributed by atoms with van der Waals surface area (Å²) in [5.74, 6) is 0.232. The first-order valence-corrected chi connectivity index (χ1v) is 9.93. The van der Waals surface area contributed by atoms with E-state index in [1.54, 1.807) is 4.68 Å². The number of rotatable bonds is 4. The average molecular weight is 381 g/mol. The van der Waals surface area contributed by atoms with Gasteiger partial charge in [-0.2, -0.15) is 5.10 Å². The summed E-state index contributed by atoms with van der Waals surface area (Å²) in [6.45, 7) is 4.49. The highest BCUT2D eigenvalue weighted by atomic mass is 16.2. The topological polar surface area (TPSA) is 71.3 Å². The van der Waals surface area contributed by atoms with E-state index in [1.807, 2.05) is 54.2 Å². The molecule has 0 radical (unpaired) electrons. The number of hydrogen-bond acceptors (Lipinski definition) is 4. The number of likely N-dealkylation sites (tertiary alicyclic amines) is 2. The first-order chi connectivity index (χ1) is 13.4. The molecule has 0 saturated carbocycles. The highest BCUT2D eigenvalue weighted by molar-refractivity contribution is 5.86. The Kier molecular flexibility index (Phi) is 4.91. The van der Waals surface area contributed by atoms with Crippen LogP contribution in [0.4, 0.5) is 0 Å². The number of nitrogens with zero attached hydrogens (tertiary/aromatic N) is 5. The van der Waals surface area contributed by atoms with E-state index in [2.05, 4.69) is 10.1 Å². The number of aryl methyl sites for hydroxylation is 2. The van der Waals surface area contributed by atoms with Crippen molar-refractivity contribution in [2.24, 2.45) is 12.5 Å². The normalized spacial score (nSPS) is 22.3. The third kappa shape index (κ3) is 3.66. The van der Waals surface area contributed by atoms with Gasteiger partial charge in [0.2, 0.25) is 11.8 Å². The smallest absolute Gasteiger partial charge is 0.231 e. The fraction of sp³-hybridized carbons (Fsp3) is 0.524. The lowest BCUT2D eigenvalue weighted by molar-refractivity contribution is -0.143. The number of hydrogen-bond donors (Lipinski definition) is 0. The molecule has 0 aliphatic carbocycles. The Hall–Kier alpha value is -2.70. The third-order valence-electron chi connectivity index (χ3n) is 5.93. The van der Waals surface area contributed by atoms with Gasteiger partial charge in [0.1, 0.15) is 0 Å². The van der Waals surface area contributed by atoms with Crippen molar-refractivity contribution in [3.8, 4) is 0 Å². The molecule has 2 aliphatic heterocycles. The Morgan fingerprint density at radius 2 is 2.04 bits per heavy atom. The summed E-state index contributed by atoms with van der Waals surface area (Å²) < 4.78 is 1.71. The minimum Gasteiger partial charge on any atom is -0.341 e. The van der Waals surface area contributed by atoms with Gasteiger partial charge in [0, 0.05) is 38.6 Å². The molecule has 7 nitrogen and oxygen atoms in total. The van der Waals surface area contributed by atoms with Gasteiger partial charge >= 0.3 is 0 Å². The summed E-state index contributed by atoms with van der Waals surface area (Å²) in [7, 11) is 1.85. The van der Waals surface area contributed by atoms with Gasteiger partial charge in [0.05, 0.1) is 29.8 Å². The van der Waals surface area contributed by atoms with Crippen molar-refractivity contribution < 1.29 is 9.59 Å². The van der Waals surface area contributed by atoms with Crippen LogP contribution in [0.5, 0.6) is 0 Å². The second kappa shape index (κ2) is 7.37. The molecule has 4 rings (SSSR count). The summed E-state index contributed by atoms with van der Waals surface area (Å²) in [5.41, 5.74) is 2.23. The lowest BCUT2D eigenvalue weighted by Gasteiger charge is -2.39. The van der Waals surface area contributed by atoms with Gasteiger partial charge in [0.15, 0.2) is 0 Å². The molecule has 7 heteroatoms. The van der Waals surface area contributed by atoms with Crippen molar-refractivity contribution in [2.45, 2.75) is 39.2 Å². The number of amides is 2. The van der Waals surface area contributed by atoms with E-state index in [4.69, 9.17) is 0 Å². The average Bonchev–Trinajstić information content (AvgIpc) is 3.20. The summed E-state index contributed by atoms with van der Waals surface area (Å²) in [4.78, 5) is 34.3. The fourth-order valence-electron chi connectivity index (χ4n) is 4.47. The molecule has 1 atom stereocenters. The zero-order valence-electron chi connectivity index (χ0n) is 16.6. The molecule has 148 valence electrons. The van der Waals surface area contributed by atoms with Crippen molar-refractivity contribution >= 4 is 11.8 Å². The number of carbonyl (C=O) groups excluding carboxylic acids is 2. The minimum absolute atomic E-state index is 0.0596. The number of aromatic nitrogens is 3. The van der Waals surface area contributed by atoms with Crippen LogP contribution in [0, 0.1) is 12.3 Å². The molecule has 0 bridgehead atoms. The van der Waals surface area contributed by atoms with Crippen LogP contribution in [0.1, 0.15) is 36.3 Å². The van der Waals surface area contributed by atoms with E-state index >= 15 is 0 Å². The van der Waals surface area contributed by atoms with E-state index in [0.29, 0.717) is 19.5 Å². The van der Waals surface area contributed by atoms with Gasteiger partial charge in [-0.05, 0) is 44.4 Å². The van der Waals surface area contributed by atoms with Gasteiger partial charge in [-0.1, -0.05) is 6.07 Å². The van der Waals surface area contributed by atoms with Gasteiger partial charge in [-0.15, -0.1) is 0 Å². The van der Waals surface area contributed by atoms with Gasteiger partial charge in [-0.25, -0.2) is 0 Å². The quantitative estimate of drug-likeness (QED) is 0.808. The lowest BCUT2D eigenvalue weighted by Crippen LogP contribution is -2.50. The van der Waals surface area contributed by atoms with Crippen molar-refractivity contribution in [3.05, 3.63) is 47.5 Å². The summed E-state index contributed by atoms with van der Waals surface area (Å²) in [5, 5.41) is 4.30. The third-order valence-corrected chi connectivity index (χ3v) is 5.93. The lowest BCUT2D eigenvalue weighted by atomic mass is 9.78. The summed E-state index contributed by atoms with van der Waals surface area (Å²) in [6.07, 6.45) is 4.68. The van der Waals surface area contributed by atoms with Gasteiger partial charge in [-0.3, -0.25) is 19.3 Å². The van der Waals surface area contributed by atoms with Crippen molar-refractivity contribution in [2.75, 3.05) is 19.6 Å². The van der Waals surface area contributed by atoms with E-state index in [-0.39, 0.29) is 11.8 Å². The Bertz CT molecular complexity index is 892. The molecule has 4 heterocycles. The Morgan fingerprint density at radius 1 is 1.18 bits per heavy atom. The molecule has 2 aromatic rings. The number of piperidine rings is 1. The van der Waals surface area contributed by atoms with Crippen LogP contribution in [-0.2, 0) is 29.6 Å². The largest absolute Gasteiger partial charge is 0.341 e. The Morgan fingerprint density at radius 3 is 2.79 bits per heavy atom. The molecule has 2 aliphatic rings. The van der Waals surface area contributed by atoms with Gasteiger partial charge < -0.3 is 9.80 Å². The molecule has 0 N–H and O–H groups in total. The standard InChI is InChI=1S/C21H27N5O2/c1-16-5-3-6-18(22-16)14-25-12-9-21(20(25)28)8-4-10-26(15-21)19(27)13-17-7-11-24(2)23-17/h3,5-7,11H,4,8-10,12-15H2,1-2H3/t21-/m0/s1. The van der Waals surface area contributed by atoms with E-state index in [0.717, 1.165) is 49.4 Å². The Labute approximate surface area is 165 Å². The van der Waals surface area contributed by atoms with E-state index in [9.17, 15) is 9.59 Å². The maximum atomic E-state index is 13.2. The molecule has 0 aromatic carbocycles.